The van der Waals surface area contributed by atoms with Crippen LogP contribution in [-0.4, -0.2) is 18.7 Å². The van der Waals surface area contributed by atoms with Crippen molar-refractivity contribution in [3.63, 3.8) is 0 Å². The van der Waals surface area contributed by atoms with Gasteiger partial charge in [-0.25, -0.2) is 9.78 Å². The summed E-state index contributed by atoms with van der Waals surface area (Å²) in [5.74, 6) is 0. The number of benzene rings is 1. The van der Waals surface area contributed by atoms with Crippen LogP contribution < -0.4 is 17.0 Å². The van der Waals surface area contributed by atoms with E-state index in [4.69, 9.17) is 28.9 Å². The molecule has 0 saturated heterocycles. The van der Waals surface area contributed by atoms with Crippen LogP contribution in [0.15, 0.2) is 44.8 Å². The molecule has 2 N–H and O–H groups in total. The summed E-state index contributed by atoms with van der Waals surface area (Å²) < 4.78 is 4.61. The number of aromatic nitrogens is 4. The Hall–Kier alpha value is -2.03. The van der Waals surface area contributed by atoms with Crippen molar-refractivity contribution in [2.24, 2.45) is 12.8 Å². The Labute approximate surface area is 172 Å². The van der Waals surface area contributed by atoms with Gasteiger partial charge in [0.05, 0.1) is 16.6 Å². The second-order valence-corrected chi connectivity index (χ2v) is 7.62. The quantitative estimate of drug-likeness (QED) is 0.578. The van der Waals surface area contributed by atoms with E-state index in [2.05, 4.69) is 27.5 Å². The van der Waals surface area contributed by atoms with E-state index in [1.54, 1.807) is 29.8 Å². The predicted octanol–water partition coefficient (Wildman–Crippen LogP) is 2.88. The van der Waals surface area contributed by atoms with Crippen molar-refractivity contribution in [1.29, 1.82) is 0 Å². The first-order valence-electron chi connectivity index (χ1n) is 7.93. The van der Waals surface area contributed by atoms with Crippen LogP contribution in [-0.2, 0) is 20.1 Å². The zero-order chi connectivity index (χ0) is 19.9. The van der Waals surface area contributed by atoms with Gasteiger partial charge in [-0.2, -0.15) is 0 Å². The molecule has 0 aliphatic rings. The second kappa shape index (κ2) is 7.53. The maximum Gasteiger partial charge on any atom is 0.332 e. The Morgan fingerprint density at radius 1 is 1.26 bits per heavy atom. The van der Waals surface area contributed by atoms with Crippen molar-refractivity contribution in [2.75, 3.05) is 0 Å². The fourth-order valence-electron chi connectivity index (χ4n) is 2.76. The Morgan fingerprint density at radius 2 is 1.96 bits per heavy atom. The number of fused-ring (bicyclic) bond motifs is 1. The number of hydrogen-bond acceptors (Lipinski definition) is 4. The predicted molar refractivity (Wildman–Crippen MR) is 110 cm³/mol. The van der Waals surface area contributed by atoms with Gasteiger partial charge in [-0.1, -0.05) is 35.8 Å². The number of allylic oxidation sites excluding steroid dienone is 1. The zero-order valence-electron chi connectivity index (χ0n) is 14.4. The Kier molecular flexibility index (Phi) is 5.50. The number of imidazole rings is 1. The second-order valence-electron chi connectivity index (χ2n) is 6.09. The summed E-state index contributed by atoms with van der Waals surface area (Å²) in [7, 11) is 1.57. The van der Waals surface area contributed by atoms with Crippen LogP contribution >= 0.6 is 39.1 Å². The number of nitrogens with zero attached hydrogens (tertiary/aromatic N) is 4. The molecule has 7 nitrogen and oxygen atoms in total. The van der Waals surface area contributed by atoms with E-state index in [0.29, 0.717) is 50.2 Å². The highest BCUT2D eigenvalue weighted by Gasteiger charge is 2.19. The number of hydrogen-bond donors (Lipinski definition) is 1. The van der Waals surface area contributed by atoms with Crippen LogP contribution in [0.1, 0.15) is 12.0 Å². The zero-order valence-corrected chi connectivity index (χ0v) is 17.5. The minimum absolute atomic E-state index is 0.0602. The SMILES string of the molecule is C=C(N)CCn1c(Br)nc2c1c(=O)n(Cc1ccc(Cl)c(Cl)c1)c(=O)n2C. The summed E-state index contributed by atoms with van der Waals surface area (Å²) in [6.45, 7) is 4.14. The molecule has 0 saturated carbocycles. The Morgan fingerprint density at radius 3 is 2.59 bits per heavy atom. The topological polar surface area (TPSA) is 87.8 Å². The highest BCUT2D eigenvalue weighted by atomic mass is 79.9. The third-order valence-corrected chi connectivity index (χ3v) is 5.51. The van der Waals surface area contributed by atoms with Crippen molar-refractivity contribution in [3.8, 4) is 0 Å². The normalized spacial score (nSPS) is 11.3. The van der Waals surface area contributed by atoms with Crippen molar-refractivity contribution >= 4 is 50.3 Å². The number of halogens is 3. The van der Waals surface area contributed by atoms with E-state index in [0.717, 1.165) is 4.57 Å². The molecule has 0 bridgehead atoms. The molecule has 142 valence electrons. The van der Waals surface area contributed by atoms with Gasteiger partial charge in [-0.05, 0) is 33.6 Å². The summed E-state index contributed by atoms with van der Waals surface area (Å²) in [5, 5.41) is 0.759. The first-order chi connectivity index (χ1) is 12.7. The summed E-state index contributed by atoms with van der Waals surface area (Å²) >= 11 is 15.3. The Balaban J connectivity index is 2.19. The van der Waals surface area contributed by atoms with Gasteiger partial charge in [0.15, 0.2) is 15.9 Å². The first-order valence-corrected chi connectivity index (χ1v) is 9.48. The average Bonchev–Trinajstić information content (AvgIpc) is 2.94. The van der Waals surface area contributed by atoms with Gasteiger partial charge < -0.3 is 10.3 Å². The van der Waals surface area contributed by atoms with Gasteiger partial charge in [-0.3, -0.25) is 13.9 Å². The van der Waals surface area contributed by atoms with E-state index in [9.17, 15) is 9.59 Å². The monoisotopic (exact) mass is 471 g/mol. The standard InChI is InChI=1S/C17H16BrCl2N5O2/c1-9(21)5-6-24-13-14(22-16(24)18)23(2)17(27)25(15(13)26)8-10-3-4-11(19)12(20)7-10/h3-4,7H,1,5-6,8,21H2,2H3. The molecule has 0 unspecified atom stereocenters. The lowest BCUT2D eigenvalue weighted by Gasteiger charge is -2.11. The van der Waals surface area contributed by atoms with Crippen molar-refractivity contribution < 1.29 is 0 Å². The van der Waals surface area contributed by atoms with Gasteiger partial charge in [0, 0.05) is 25.7 Å². The summed E-state index contributed by atoms with van der Waals surface area (Å²) in [4.78, 5) is 30.1. The summed E-state index contributed by atoms with van der Waals surface area (Å²) in [5.41, 5.74) is 6.51. The molecule has 0 atom stereocenters. The third kappa shape index (κ3) is 3.69. The lowest BCUT2D eigenvalue weighted by molar-refractivity contribution is 0.645. The van der Waals surface area contributed by atoms with Gasteiger partial charge in [0.1, 0.15) is 0 Å². The number of nitrogens with two attached hydrogens (primary N) is 1. The fraction of sp³-hybridized carbons (Fsp3) is 0.235. The van der Waals surface area contributed by atoms with Crippen molar-refractivity contribution in [3.05, 3.63) is 71.7 Å². The molecule has 3 rings (SSSR count). The van der Waals surface area contributed by atoms with Crippen molar-refractivity contribution in [1.82, 2.24) is 18.7 Å². The van der Waals surface area contributed by atoms with Gasteiger partial charge in [-0.15, -0.1) is 0 Å². The average molecular weight is 473 g/mol. The molecular weight excluding hydrogens is 457 g/mol. The summed E-state index contributed by atoms with van der Waals surface area (Å²) in [6, 6.07) is 4.97. The maximum absolute atomic E-state index is 13.1. The molecule has 0 spiro atoms. The Bertz CT molecular complexity index is 1180. The van der Waals surface area contributed by atoms with Gasteiger partial charge >= 0.3 is 5.69 Å². The highest BCUT2D eigenvalue weighted by Crippen LogP contribution is 2.23. The molecule has 0 aliphatic heterocycles. The van der Waals surface area contributed by atoms with Gasteiger partial charge in [0.25, 0.3) is 5.56 Å². The van der Waals surface area contributed by atoms with Gasteiger partial charge in [0.2, 0.25) is 0 Å². The smallest absolute Gasteiger partial charge is 0.332 e. The number of rotatable bonds is 5. The molecule has 2 aromatic heterocycles. The van der Waals surface area contributed by atoms with Crippen LogP contribution in [0.5, 0.6) is 0 Å². The van der Waals surface area contributed by atoms with Crippen LogP contribution in [0.4, 0.5) is 0 Å². The van der Waals surface area contributed by atoms with E-state index in [1.165, 1.54) is 4.57 Å². The highest BCUT2D eigenvalue weighted by molar-refractivity contribution is 9.10. The third-order valence-electron chi connectivity index (χ3n) is 4.17. The molecule has 2 heterocycles. The van der Waals surface area contributed by atoms with E-state index < -0.39 is 11.2 Å². The minimum atomic E-state index is -0.473. The molecule has 27 heavy (non-hydrogen) atoms. The lowest BCUT2D eigenvalue weighted by Crippen LogP contribution is -2.40. The first kappa shape index (κ1) is 19.7. The number of aryl methyl sites for hydroxylation is 2. The molecule has 0 radical (unpaired) electrons. The van der Waals surface area contributed by atoms with Crippen molar-refractivity contribution in [2.45, 2.75) is 19.5 Å². The fourth-order valence-corrected chi connectivity index (χ4v) is 3.61. The molecule has 0 amide bonds. The van der Waals surface area contributed by atoms with E-state index in [-0.39, 0.29) is 6.54 Å². The molecular formula is C17H16BrCl2N5O2. The van der Waals surface area contributed by atoms with E-state index in [1.807, 2.05) is 0 Å². The lowest BCUT2D eigenvalue weighted by atomic mass is 10.2. The molecule has 10 heteroatoms. The van der Waals surface area contributed by atoms with E-state index >= 15 is 0 Å². The van der Waals surface area contributed by atoms with Crippen LogP contribution in [0.25, 0.3) is 11.2 Å². The molecule has 1 aromatic carbocycles. The summed E-state index contributed by atoms with van der Waals surface area (Å²) in [6.07, 6.45) is 0.471. The maximum atomic E-state index is 13.1. The minimum Gasteiger partial charge on any atom is -0.402 e. The van der Waals surface area contributed by atoms with Crippen LogP contribution in [0, 0.1) is 0 Å². The van der Waals surface area contributed by atoms with Crippen LogP contribution in [0.3, 0.4) is 0 Å². The molecule has 3 aromatic rings. The van der Waals surface area contributed by atoms with Crippen LogP contribution in [0.2, 0.25) is 10.0 Å². The molecule has 0 fully saturated rings. The molecule has 0 aliphatic carbocycles. The largest absolute Gasteiger partial charge is 0.402 e.